The Bertz CT molecular complexity index is 966. The predicted octanol–water partition coefficient (Wildman–Crippen LogP) is 6.66. The fraction of sp³-hybridized carbons (Fsp3) is 0.640. The van der Waals surface area contributed by atoms with Gasteiger partial charge < -0.3 is 14.4 Å². The van der Waals surface area contributed by atoms with Crippen LogP contribution in [0, 0.1) is 5.92 Å². The Labute approximate surface area is 219 Å². The lowest BCUT2D eigenvalue weighted by Crippen LogP contribution is -2.45. The number of likely N-dealkylation sites (tertiary alicyclic amines) is 1. The zero-order chi connectivity index (χ0) is 27.5. The molecule has 6 nitrogen and oxygen atoms in total. The van der Waals surface area contributed by atoms with Gasteiger partial charge in [0.2, 0.25) is 0 Å². The number of rotatable bonds is 7. The van der Waals surface area contributed by atoms with Crippen molar-refractivity contribution in [2.45, 2.75) is 77.0 Å². The highest BCUT2D eigenvalue weighted by atomic mass is 35.5. The first-order valence-corrected chi connectivity index (χ1v) is 13.3. The Morgan fingerprint density at radius 1 is 1.22 bits per heavy atom. The molecule has 2 atom stereocenters. The number of hydrogen-bond acceptors (Lipinski definition) is 4. The lowest BCUT2D eigenvalue weighted by molar-refractivity contribution is -0.137. The van der Waals surface area contributed by atoms with E-state index in [1.54, 1.807) is 46.4 Å². The number of carbonyl (C=O) groups is 1. The van der Waals surface area contributed by atoms with Gasteiger partial charge in [0.05, 0.1) is 32.4 Å². The largest absolute Gasteiger partial charge is 0.489 e. The third-order valence-corrected chi connectivity index (χ3v) is 7.44. The third-order valence-electron chi connectivity index (χ3n) is 5.55. The molecule has 1 saturated heterocycles. The Morgan fingerprint density at radius 3 is 2.28 bits per heavy atom. The van der Waals surface area contributed by atoms with Crippen molar-refractivity contribution in [3.8, 4) is 5.75 Å². The molecule has 0 aliphatic carbocycles. The first-order valence-electron chi connectivity index (χ1n) is 11.7. The fourth-order valence-corrected chi connectivity index (χ4v) is 4.93. The van der Waals surface area contributed by atoms with Crippen LogP contribution in [0.4, 0.5) is 18.0 Å². The zero-order valence-corrected chi connectivity index (χ0v) is 23.2. The van der Waals surface area contributed by atoms with E-state index in [1.807, 2.05) is 0 Å². The van der Waals surface area contributed by atoms with E-state index < -0.39 is 50.2 Å². The topological polar surface area (TPSA) is 67.9 Å². The second-order valence-corrected chi connectivity index (χ2v) is 13.2. The number of carbonyl (C=O) groups excluding carboxylic acids is 1. The molecular formula is C25H36ClF3N2O4S. The fourth-order valence-electron chi connectivity index (χ4n) is 3.75. The molecule has 0 saturated carbocycles. The Morgan fingerprint density at radius 2 is 1.81 bits per heavy atom. The highest BCUT2D eigenvalue weighted by molar-refractivity contribution is 7.84. The van der Waals surface area contributed by atoms with Gasteiger partial charge in [-0.2, -0.15) is 13.2 Å². The maximum Gasteiger partial charge on any atom is 0.417 e. The van der Waals surface area contributed by atoms with Gasteiger partial charge in [0.15, 0.2) is 0 Å². The molecule has 1 fully saturated rings. The van der Waals surface area contributed by atoms with Crippen molar-refractivity contribution >= 4 is 28.7 Å². The van der Waals surface area contributed by atoms with Gasteiger partial charge >= 0.3 is 12.3 Å². The highest BCUT2D eigenvalue weighted by Gasteiger charge is 2.38. The molecule has 1 aromatic carbocycles. The summed E-state index contributed by atoms with van der Waals surface area (Å²) in [5.74, 6) is -0.168. The van der Waals surface area contributed by atoms with Gasteiger partial charge in [-0.3, -0.25) is 0 Å². The first-order chi connectivity index (χ1) is 16.4. The zero-order valence-electron chi connectivity index (χ0n) is 21.6. The van der Waals surface area contributed by atoms with Crippen LogP contribution in [-0.2, 0) is 21.9 Å². The molecule has 204 valence electrons. The van der Waals surface area contributed by atoms with Crippen LogP contribution >= 0.6 is 11.6 Å². The maximum absolute atomic E-state index is 13.6. The minimum Gasteiger partial charge on any atom is -0.489 e. The van der Waals surface area contributed by atoms with E-state index in [2.05, 4.69) is 11.3 Å². The van der Waals surface area contributed by atoms with Crippen molar-refractivity contribution < 1.29 is 31.6 Å². The minimum atomic E-state index is -4.67. The maximum atomic E-state index is 13.6. The molecule has 1 aromatic rings. The van der Waals surface area contributed by atoms with Crippen LogP contribution in [-0.4, -0.2) is 45.2 Å². The van der Waals surface area contributed by atoms with Crippen LogP contribution in [0.2, 0.25) is 5.02 Å². The van der Waals surface area contributed by atoms with Crippen molar-refractivity contribution in [2.75, 3.05) is 19.7 Å². The summed E-state index contributed by atoms with van der Waals surface area (Å²) in [6.45, 7) is 15.1. The van der Waals surface area contributed by atoms with Gasteiger partial charge in [-0.05, 0) is 72.4 Å². The second-order valence-electron chi connectivity index (χ2n) is 10.7. The average molecular weight is 553 g/mol. The summed E-state index contributed by atoms with van der Waals surface area (Å²) in [6.07, 6.45) is -2.63. The smallest absolute Gasteiger partial charge is 0.417 e. The Hall–Kier alpha value is -1.78. The molecule has 1 amide bonds. The summed E-state index contributed by atoms with van der Waals surface area (Å²) < 4.78 is 67.4. The molecule has 0 radical (unpaired) electrons. The van der Waals surface area contributed by atoms with E-state index in [1.165, 1.54) is 12.1 Å². The number of alkyl halides is 3. The normalized spacial score (nSPS) is 17.4. The molecule has 36 heavy (non-hydrogen) atoms. The van der Waals surface area contributed by atoms with E-state index in [-0.39, 0.29) is 18.3 Å². The van der Waals surface area contributed by atoms with Gasteiger partial charge in [-0.15, -0.1) is 0 Å². The molecule has 0 aromatic heterocycles. The quantitative estimate of drug-likeness (QED) is 0.384. The summed E-state index contributed by atoms with van der Waals surface area (Å²) in [7, 11) is -1.54. The van der Waals surface area contributed by atoms with E-state index in [4.69, 9.17) is 21.1 Å². The Balaban J connectivity index is 2.45. The van der Waals surface area contributed by atoms with E-state index in [9.17, 15) is 22.2 Å². The van der Waals surface area contributed by atoms with Crippen LogP contribution in [0.15, 0.2) is 24.8 Å². The van der Waals surface area contributed by atoms with Crippen LogP contribution < -0.4 is 9.46 Å². The average Bonchev–Trinajstić information content (AvgIpc) is 2.73. The summed E-state index contributed by atoms with van der Waals surface area (Å²) in [5.41, 5.74) is -1.26. The molecule has 11 heteroatoms. The lowest BCUT2D eigenvalue weighted by atomic mass is 9.85. The summed E-state index contributed by atoms with van der Waals surface area (Å²) in [5, 5.41) is -0.469. The number of nitrogens with one attached hydrogen (secondary N) is 1. The third kappa shape index (κ3) is 8.38. The van der Waals surface area contributed by atoms with Gasteiger partial charge in [0.1, 0.15) is 18.0 Å². The first kappa shape index (κ1) is 30.4. The molecule has 1 heterocycles. The van der Waals surface area contributed by atoms with Crippen molar-refractivity contribution in [3.05, 3.63) is 40.9 Å². The lowest BCUT2D eigenvalue weighted by Gasteiger charge is -2.38. The van der Waals surface area contributed by atoms with Gasteiger partial charge in [-0.25, -0.2) is 13.7 Å². The van der Waals surface area contributed by atoms with Crippen LogP contribution in [0.1, 0.15) is 71.6 Å². The molecule has 2 rings (SSSR count). The van der Waals surface area contributed by atoms with Crippen molar-refractivity contribution in [2.24, 2.45) is 5.92 Å². The summed E-state index contributed by atoms with van der Waals surface area (Å²) >= 11 is 6.09. The number of nitrogens with zero attached hydrogens (tertiary/aromatic N) is 1. The predicted molar refractivity (Wildman–Crippen MR) is 136 cm³/mol. The van der Waals surface area contributed by atoms with Gasteiger partial charge in [-0.1, -0.05) is 24.3 Å². The standard InChI is InChI=1S/C25H36ClF3N2O4S/c1-8-13-34-20-15-18(25(27,28)29)19(26)14-17(20)21(30-36(33)24(5,6)7)16-9-11-31(12-10-16)22(32)35-23(2,3)4/h8,14-16,21,30H,1,9-13H2,2-7H3/t21-,36+/m1/s1. The highest BCUT2D eigenvalue weighted by Crippen LogP contribution is 2.43. The molecule has 0 spiro atoms. The number of halogens is 4. The number of hydrogen-bond donors (Lipinski definition) is 1. The second kappa shape index (κ2) is 11.7. The molecule has 0 bridgehead atoms. The number of piperidine rings is 1. The van der Waals surface area contributed by atoms with E-state index in [0.29, 0.717) is 31.5 Å². The van der Waals surface area contributed by atoms with Gasteiger partial charge in [0.25, 0.3) is 0 Å². The molecular weight excluding hydrogens is 517 g/mol. The molecule has 0 unspecified atom stereocenters. The van der Waals surface area contributed by atoms with E-state index >= 15 is 0 Å². The summed E-state index contributed by atoms with van der Waals surface area (Å²) in [6, 6.07) is 1.48. The van der Waals surface area contributed by atoms with Crippen molar-refractivity contribution in [1.82, 2.24) is 9.62 Å². The monoisotopic (exact) mass is 552 g/mol. The Kier molecular flexibility index (Phi) is 9.92. The molecule has 1 aliphatic heterocycles. The molecule has 1 N–H and O–H groups in total. The number of ether oxygens (including phenoxy) is 2. The molecule has 1 aliphatic rings. The van der Waals surface area contributed by atoms with Crippen LogP contribution in [0.3, 0.4) is 0 Å². The SMILES string of the molecule is C=CCOc1cc(C(F)(F)F)c(Cl)cc1[C@H](N[S@@](=O)C(C)(C)C)C1CCN(C(=O)OC(C)(C)C)CC1. The number of benzene rings is 1. The van der Waals surface area contributed by atoms with E-state index in [0.717, 1.165) is 6.07 Å². The summed E-state index contributed by atoms with van der Waals surface area (Å²) in [4.78, 5) is 14.1. The van der Waals surface area contributed by atoms with Crippen LogP contribution in [0.5, 0.6) is 5.75 Å². The van der Waals surface area contributed by atoms with Crippen LogP contribution in [0.25, 0.3) is 0 Å². The minimum absolute atomic E-state index is 0.00962. The van der Waals surface area contributed by atoms with Crippen molar-refractivity contribution in [3.63, 3.8) is 0 Å². The van der Waals surface area contributed by atoms with Crippen molar-refractivity contribution in [1.29, 1.82) is 0 Å². The van der Waals surface area contributed by atoms with Gasteiger partial charge in [0, 0.05) is 18.7 Å². The number of amides is 1.